The summed E-state index contributed by atoms with van der Waals surface area (Å²) in [6.07, 6.45) is 2.35. The van der Waals surface area contributed by atoms with Crippen molar-refractivity contribution in [2.24, 2.45) is 0 Å². The zero-order valence-corrected chi connectivity index (χ0v) is 12.8. The number of anilines is 1. The molecular weight excluding hydrogens is 324 g/mol. The van der Waals surface area contributed by atoms with E-state index in [1.165, 1.54) is 0 Å². The van der Waals surface area contributed by atoms with Crippen molar-refractivity contribution in [1.29, 1.82) is 0 Å². The van der Waals surface area contributed by atoms with Gasteiger partial charge in [-0.25, -0.2) is 4.79 Å². The number of carboxylic acid groups (broad SMARTS) is 1. The fourth-order valence-corrected chi connectivity index (χ4v) is 2.61. The number of halogens is 1. The van der Waals surface area contributed by atoms with E-state index in [0.29, 0.717) is 18.5 Å². The molecular formula is C14H17BrN2O3. The van der Waals surface area contributed by atoms with Gasteiger partial charge < -0.3 is 15.7 Å². The number of aliphatic carboxylic acids is 1. The summed E-state index contributed by atoms with van der Waals surface area (Å²) in [5, 5.41) is 14.5. The van der Waals surface area contributed by atoms with Gasteiger partial charge >= 0.3 is 12.0 Å². The number of carboxylic acids is 1. The number of benzene rings is 1. The maximum absolute atomic E-state index is 12.0. The number of hydrogen-bond acceptors (Lipinski definition) is 2. The Balaban J connectivity index is 1.97. The van der Waals surface area contributed by atoms with Crippen molar-refractivity contribution in [3.8, 4) is 0 Å². The normalized spacial score (nSPS) is 16.1. The van der Waals surface area contributed by atoms with Crippen LogP contribution in [0.2, 0.25) is 0 Å². The highest BCUT2D eigenvalue weighted by atomic mass is 79.9. The topological polar surface area (TPSA) is 78.4 Å². The minimum atomic E-state index is -0.885. The molecule has 0 aromatic heterocycles. The van der Waals surface area contributed by atoms with Gasteiger partial charge in [0.2, 0.25) is 0 Å². The van der Waals surface area contributed by atoms with Crippen LogP contribution in [0.5, 0.6) is 0 Å². The number of carbonyl (C=O) groups is 2. The molecule has 0 unspecified atom stereocenters. The standard InChI is InChI=1S/C14H17BrN2O3/c1-9-7-10(3-4-11(9)15)16-13(20)17-14(5-2-6-14)8-12(18)19/h3-4,7H,2,5-6,8H2,1H3,(H,18,19)(H2,16,17,20). The van der Waals surface area contributed by atoms with Crippen LogP contribution in [-0.4, -0.2) is 22.6 Å². The Morgan fingerprint density at radius 1 is 1.40 bits per heavy atom. The minimum Gasteiger partial charge on any atom is -0.481 e. The van der Waals surface area contributed by atoms with Crippen LogP contribution in [0.3, 0.4) is 0 Å². The molecule has 0 saturated heterocycles. The molecule has 1 saturated carbocycles. The summed E-state index contributed by atoms with van der Waals surface area (Å²) in [4.78, 5) is 22.8. The first-order valence-electron chi connectivity index (χ1n) is 6.47. The number of rotatable bonds is 4. The summed E-state index contributed by atoms with van der Waals surface area (Å²) >= 11 is 3.40. The Hall–Kier alpha value is -1.56. The van der Waals surface area contributed by atoms with Gasteiger partial charge in [0.1, 0.15) is 0 Å². The van der Waals surface area contributed by atoms with E-state index in [0.717, 1.165) is 16.5 Å². The molecule has 1 aliphatic rings. The molecule has 6 heteroatoms. The second kappa shape index (κ2) is 5.83. The van der Waals surface area contributed by atoms with Crippen molar-refractivity contribution in [2.75, 3.05) is 5.32 Å². The summed E-state index contributed by atoms with van der Waals surface area (Å²) in [6.45, 7) is 1.94. The zero-order chi connectivity index (χ0) is 14.8. The first-order valence-corrected chi connectivity index (χ1v) is 7.27. The average Bonchev–Trinajstić information content (AvgIpc) is 2.30. The molecule has 3 N–H and O–H groups in total. The highest BCUT2D eigenvalue weighted by Gasteiger charge is 2.40. The second-order valence-corrected chi connectivity index (χ2v) is 6.10. The second-order valence-electron chi connectivity index (χ2n) is 5.25. The fourth-order valence-electron chi connectivity index (χ4n) is 2.36. The van der Waals surface area contributed by atoms with Crippen molar-refractivity contribution in [2.45, 2.75) is 38.1 Å². The van der Waals surface area contributed by atoms with Crippen molar-refractivity contribution in [3.05, 3.63) is 28.2 Å². The molecule has 0 aliphatic heterocycles. The number of urea groups is 1. The molecule has 108 valence electrons. The molecule has 0 bridgehead atoms. The molecule has 1 fully saturated rings. The number of amides is 2. The Morgan fingerprint density at radius 3 is 2.60 bits per heavy atom. The van der Waals surface area contributed by atoms with Crippen LogP contribution in [0.25, 0.3) is 0 Å². The Labute approximate surface area is 125 Å². The van der Waals surface area contributed by atoms with Gasteiger partial charge in [0.05, 0.1) is 12.0 Å². The van der Waals surface area contributed by atoms with E-state index in [-0.39, 0.29) is 12.5 Å². The monoisotopic (exact) mass is 340 g/mol. The number of carbonyl (C=O) groups excluding carboxylic acids is 1. The predicted octanol–water partition coefficient (Wildman–Crippen LogP) is 3.28. The lowest BCUT2D eigenvalue weighted by Crippen LogP contribution is -2.55. The molecule has 1 aromatic carbocycles. The van der Waals surface area contributed by atoms with Crippen LogP contribution in [-0.2, 0) is 4.79 Å². The highest BCUT2D eigenvalue weighted by Crippen LogP contribution is 2.35. The van der Waals surface area contributed by atoms with E-state index >= 15 is 0 Å². The minimum absolute atomic E-state index is 0.0280. The van der Waals surface area contributed by atoms with Gasteiger partial charge in [-0.2, -0.15) is 0 Å². The lowest BCUT2D eigenvalue weighted by molar-refractivity contribution is -0.139. The Morgan fingerprint density at radius 2 is 2.10 bits per heavy atom. The van der Waals surface area contributed by atoms with Crippen molar-refractivity contribution < 1.29 is 14.7 Å². The van der Waals surface area contributed by atoms with Gasteiger partial charge in [0.25, 0.3) is 0 Å². The van der Waals surface area contributed by atoms with Gasteiger partial charge in [-0.05, 0) is 49.9 Å². The summed E-state index contributed by atoms with van der Waals surface area (Å²) in [5.74, 6) is -0.885. The molecule has 0 spiro atoms. The molecule has 1 aromatic rings. The Bertz CT molecular complexity index is 541. The van der Waals surface area contributed by atoms with Crippen molar-refractivity contribution in [3.63, 3.8) is 0 Å². The molecule has 5 nitrogen and oxygen atoms in total. The maximum Gasteiger partial charge on any atom is 0.319 e. The smallest absolute Gasteiger partial charge is 0.319 e. The van der Waals surface area contributed by atoms with Crippen LogP contribution >= 0.6 is 15.9 Å². The molecule has 1 aliphatic carbocycles. The van der Waals surface area contributed by atoms with E-state index in [2.05, 4.69) is 26.6 Å². The fraction of sp³-hybridized carbons (Fsp3) is 0.429. The van der Waals surface area contributed by atoms with Gasteiger partial charge in [-0.3, -0.25) is 4.79 Å². The number of aryl methyl sites for hydroxylation is 1. The van der Waals surface area contributed by atoms with Gasteiger partial charge in [0.15, 0.2) is 0 Å². The third-order valence-corrected chi connectivity index (χ3v) is 4.48. The van der Waals surface area contributed by atoms with Crippen molar-refractivity contribution >= 4 is 33.6 Å². The van der Waals surface area contributed by atoms with Crippen LogP contribution in [0.15, 0.2) is 22.7 Å². The largest absolute Gasteiger partial charge is 0.481 e. The predicted molar refractivity (Wildman–Crippen MR) is 79.9 cm³/mol. The van der Waals surface area contributed by atoms with E-state index in [1.807, 2.05) is 19.1 Å². The first-order chi connectivity index (χ1) is 9.40. The first kappa shape index (κ1) is 14.8. The zero-order valence-electron chi connectivity index (χ0n) is 11.2. The lowest BCUT2D eigenvalue weighted by Gasteiger charge is -2.41. The van der Waals surface area contributed by atoms with E-state index in [9.17, 15) is 9.59 Å². The van der Waals surface area contributed by atoms with Crippen molar-refractivity contribution in [1.82, 2.24) is 5.32 Å². The quantitative estimate of drug-likeness (QED) is 0.786. The van der Waals surface area contributed by atoms with E-state index < -0.39 is 11.5 Å². The SMILES string of the molecule is Cc1cc(NC(=O)NC2(CC(=O)O)CCC2)ccc1Br. The number of hydrogen-bond donors (Lipinski definition) is 3. The highest BCUT2D eigenvalue weighted by molar-refractivity contribution is 9.10. The number of nitrogens with one attached hydrogen (secondary N) is 2. The van der Waals surface area contributed by atoms with Crippen LogP contribution in [0, 0.1) is 6.92 Å². The van der Waals surface area contributed by atoms with Crippen LogP contribution in [0.1, 0.15) is 31.2 Å². The molecule has 2 amide bonds. The van der Waals surface area contributed by atoms with Gasteiger partial charge in [-0.15, -0.1) is 0 Å². The van der Waals surface area contributed by atoms with Crippen LogP contribution < -0.4 is 10.6 Å². The summed E-state index contributed by atoms with van der Waals surface area (Å²) < 4.78 is 0.977. The van der Waals surface area contributed by atoms with Gasteiger partial charge in [-0.1, -0.05) is 15.9 Å². The molecule has 0 atom stereocenters. The van der Waals surface area contributed by atoms with Crippen LogP contribution in [0.4, 0.5) is 10.5 Å². The summed E-state index contributed by atoms with van der Waals surface area (Å²) in [5.41, 5.74) is 1.13. The van der Waals surface area contributed by atoms with Gasteiger partial charge in [0, 0.05) is 10.2 Å². The Kier molecular flexibility index (Phi) is 4.32. The average molecular weight is 341 g/mol. The lowest BCUT2D eigenvalue weighted by atomic mass is 9.74. The summed E-state index contributed by atoms with van der Waals surface area (Å²) in [7, 11) is 0. The van der Waals surface area contributed by atoms with E-state index in [4.69, 9.17) is 5.11 Å². The molecule has 0 radical (unpaired) electrons. The maximum atomic E-state index is 12.0. The molecule has 0 heterocycles. The summed E-state index contributed by atoms with van der Waals surface area (Å²) in [6, 6.07) is 5.16. The molecule has 2 rings (SSSR count). The third-order valence-electron chi connectivity index (χ3n) is 3.59. The third kappa shape index (κ3) is 3.50. The molecule has 20 heavy (non-hydrogen) atoms. The van der Waals surface area contributed by atoms with E-state index in [1.54, 1.807) is 6.07 Å².